The van der Waals surface area contributed by atoms with Crippen LogP contribution in [-0.2, 0) is 38.2 Å². The fourth-order valence-corrected chi connectivity index (χ4v) is 2.67. The zero-order valence-corrected chi connectivity index (χ0v) is 20.1. The summed E-state index contributed by atoms with van der Waals surface area (Å²) >= 11 is 0. The van der Waals surface area contributed by atoms with Crippen LogP contribution in [0.25, 0.3) is 0 Å². The first kappa shape index (κ1) is 31.4. The van der Waals surface area contributed by atoms with Crippen LogP contribution in [0.3, 0.4) is 0 Å². The van der Waals surface area contributed by atoms with Gasteiger partial charge in [-0.15, -0.1) is 0 Å². The molecule has 0 aliphatic carbocycles. The number of amides is 4. The lowest BCUT2D eigenvalue weighted by Gasteiger charge is -2.29. The number of aldehydes is 1. The fourth-order valence-electron chi connectivity index (χ4n) is 2.67. The first-order chi connectivity index (χ1) is 16.5. The van der Waals surface area contributed by atoms with Gasteiger partial charge in [0.15, 0.2) is 0 Å². The molecule has 0 bridgehead atoms. The molecule has 0 radical (unpaired) electrons. The van der Waals surface area contributed by atoms with Crippen molar-refractivity contribution in [1.82, 2.24) is 21.3 Å². The molecule has 0 aromatic carbocycles. The maximum Gasteiger partial charge on any atom is 0.222 e. The third kappa shape index (κ3) is 20.1. The minimum absolute atomic E-state index is 0.140. The topological polar surface area (TPSA) is 161 Å². The van der Waals surface area contributed by atoms with E-state index in [2.05, 4.69) is 21.3 Å². The molecule has 4 amide bonds. The molecule has 12 heteroatoms. The number of carbonyl (C=O) groups excluding carboxylic acids is 5. The zero-order chi connectivity index (χ0) is 25.3. The highest BCUT2D eigenvalue weighted by molar-refractivity contribution is 5.76. The van der Waals surface area contributed by atoms with Crippen molar-refractivity contribution in [2.45, 2.75) is 39.0 Å². The van der Waals surface area contributed by atoms with Crippen molar-refractivity contribution in [3.05, 3.63) is 0 Å². The van der Waals surface area contributed by atoms with Gasteiger partial charge in [-0.3, -0.25) is 19.2 Å². The molecular weight excluding hydrogens is 448 g/mol. The van der Waals surface area contributed by atoms with Gasteiger partial charge in [-0.2, -0.15) is 0 Å². The Balaban J connectivity index is 4.20. The van der Waals surface area contributed by atoms with Crippen molar-refractivity contribution in [1.29, 1.82) is 0 Å². The van der Waals surface area contributed by atoms with Crippen LogP contribution in [-0.4, -0.2) is 96.7 Å². The minimum atomic E-state index is -0.517. The molecule has 0 saturated carbocycles. The third-order valence-electron chi connectivity index (χ3n) is 4.49. The second kappa shape index (κ2) is 22.2. The van der Waals surface area contributed by atoms with Crippen LogP contribution in [0.1, 0.15) is 39.0 Å². The highest BCUT2D eigenvalue weighted by Crippen LogP contribution is 2.19. The highest BCUT2D eigenvalue weighted by Gasteiger charge is 2.26. The molecule has 0 saturated heterocycles. The summed E-state index contributed by atoms with van der Waals surface area (Å²) < 4.78 is 16.9. The van der Waals surface area contributed by atoms with Crippen LogP contribution in [0, 0.1) is 5.41 Å². The monoisotopic (exact) mass is 488 g/mol. The maximum absolute atomic E-state index is 11.8. The Labute approximate surface area is 201 Å². The standard InChI is InChI=1S/C22H40N4O8/c1-22(15-32-12-4-11-27,16-33-13-5-20(30)25-9-2-7-23-18-28)17-34-14-6-21(31)26-10-3-8-24-19-29/h11,18-19H,2-10,12-17H2,1H3,(H,23,28)(H,24,29)(H,25,30)(H,26,31). The molecule has 0 aliphatic heterocycles. The highest BCUT2D eigenvalue weighted by atomic mass is 16.5. The van der Waals surface area contributed by atoms with E-state index in [4.69, 9.17) is 14.2 Å². The van der Waals surface area contributed by atoms with Crippen molar-refractivity contribution in [2.24, 2.45) is 5.41 Å². The summed E-state index contributed by atoms with van der Waals surface area (Å²) in [6, 6.07) is 0. The predicted molar refractivity (Wildman–Crippen MR) is 124 cm³/mol. The summed E-state index contributed by atoms with van der Waals surface area (Å²) in [5.41, 5.74) is -0.517. The van der Waals surface area contributed by atoms with E-state index in [0.29, 0.717) is 71.5 Å². The van der Waals surface area contributed by atoms with Gasteiger partial charge in [0.05, 0.1) is 39.6 Å². The molecule has 0 fully saturated rings. The van der Waals surface area contributed by atoms with Gasteiger partial charge >= 0.3 is 0 Å². The SMILES string of the molecule is CC(COCCC=O)(COCCC(=O)NCCCNC=O)COCCC(=O)NCCCNC=O. The number of hydrogen-bond donors (Lipinski definition) is 4. The lowest BCUT2D eigenvalue weighted by molar-refractivity contribution is -0.123. The van der Waals surface area contributed by atoms with Crippen molar-refractivity contribution in [3.63, 3.8) is 0 Å². The minimum Gasteiger partial charge on any atom is -0.380 e. The largest absolute Gasteiger partial charge is 0.380 e. The number of carbonyl (C=O) groups is 5. The van der Waals surface area contributed by atoms with E-state index >= 15 is 0 Å². The molecular formula is C22H40N4O8. The van der Waals surface area contributed by atoms with Gasteiger partial charge in [-0.05, 0) is 12.8 Å². The van der Waals surface area contributed by atoms with Gasteiger partial charge in [0.25, 0.3) is 0 Å². The average molecular weight is 489 g/mol. The lowest BCUT2D eigenvalue weighted by atomic mass is 9.94. The Hall–Kier alpha value is -2.57. The Morgan fingerprint density at radius 1 is 0.706 bits per heavy atom. The summed E-state index contributed by atoms with van der Waals surface area (Å²) in [4.78, 5) is 54.5. The van der Waals surface area contributed by atoms with Crippen LogP contribution in [0.4, 0.5) is 0 Å². The smallest absolute Gasteiger partial charge is 0.222 e. The summed E-state index contributed by atoms with van der Waals surface area (Å²) in [6.45, 7) is 5.46. The van der Waals surface area contributed by atoms with E-state index in [1.165, 1.54) is 0 Å². The molecule has 34 heavy (non-hydrogen) atoms. The molecule has 0 aromatic heterocycles. The molecule has 0 unspecified atom stereocenters. The molecule has 0 aromatic rings. The fraction of sp³-hybridized carbons (Fsp3) is 0.773. The summed E-state index contributed by atoms with van der Waals surface area (Å²) in [6.07, 6.45) is 4.01. The van der Waals surface area contributed by atoms with Crippen molar-refractivity contribution >= 4 is 30.9 Å². The molecule has 0 heterocycles. The van der Waals surface area contributed by atoms with Crippen LogP contribution in [0.5, 0.6) is 0 Å². The third-order valence-corrected chi connectivity index (χ3v) is 4.49. The number of ether oxygens (including phenoxy) is 3. The number of nitrogens with one attached hydrogen (secondary N) is 4. The lowest BCUT2D eigenvalue weighted by Crippen LogP contribution is -2.36. The summed E-state index contributed by atoms with van der Waals surface area (Å²) in [7, 11) is 0. The molecule has 0 atom stereocenters. The first-order valence-corrected chi connectivity index (χ1v) is 11.5. The maximum atomic E-state index is 11.8. The second-order valence-electron chi connectivity index (χ2n) is 7.97. The van der Waals surface area contributed by atoms with Crippen LogP contribution >= 0.6 is 0 Å². The second-order valence-corrected chi connectivity index (χ2v) is 7.97. The van der Waals surface area contributed by atoms with E-state index in [-0.39, 0.29) is 51.1 Å². The molecule has 4 N–H and O–H groups in total. The van der Waals surface area contributed by atoms with Gasteiger partial charge in [-0.1, -0.05) is 6.92 Å². The first-order valence-electron chi connectivity index (χ1n) is 11.5. The molecule has 0 aliphatic rings. The van der Waals surface area contributed by atoms with Crippen molar-refractivity contribution in [2.75, 3.05) is 65.8 Å². The quantitative estimate of drug-likeness (QED) is 0.0932. The van der Waals surface area contributed by atoms with Crippen LogP contribution in [0.15, 0.2) is 0 Å². The van der Waals surface area contributed by atoms with Crippen LogP contribution in [0.2, 0.25) is 0 Å². The Bertz CT molecular complexity index is 539. The Morgan fingerprint density at radius 3 is 1.56 bits per heavy atom. The average Bonchev–Trinajstić information content (AvgIpc) is 2.82. The van der Waals surface area contributed by atoms with Crippen molar-refractivity contribution < 1.29 is 38.2 Å². The summed E-state index contributed by atoms with van der Waals surface area (Å²) in [5.74, 6) is -0.279. The normalized spacial score (nSPS) is 10.9. The number of hydrogen-bond acceptors (Lipinski definition) is 8. The van der Waals surface area contributed by atoms with E-state index < -0.39 is 5.41 Å². The zero-order valence-electron chi connectivity index (χ0n) is 20.1. The van der Waals surface area contributed by atoms with E-state index in [9.17, 15) is 24.0 Å². The summed E-state index contributed by atoms with van der Waals surface area (Å²) in [5, 5.41) is 10.5. The van der Waals surface area contributed by atoms with E-state index in [1.54, 1.807) is 0 Å². The number of rotatable bonds is 25. The Kier molecular flexibility index (Phi) is 20.6. The van der Waals surface area contributed by atoms with Crippen LogP contribution < -0.4 is 21.3 Å². The predicted octanol–water partition coefficient (Wildman–Crippen LogP) is -1.08. The van der Waals surface area contributed by atoms with Gasteiger partial charge in [-0.25, -0.2) is 0 Å². The molecule has 0 spiro atoms. The van der Waals surface area contributed by atoms with Gasteiger partial charge in [0.1, 0.15) is 6.29 Å². The van der Waals surface area contributed by atoms with Gasteiger partial charge in [0, 0.05) is 50.9 Å². The molecule has 196 valence electrons. The molecule has 12 nitrogen and oxygen atoms in total. The van der Waals surface area contributed by atoms with Gasteiger partial charge in [0.2, 0.25) is 24.6 Å². The van der Waals surface area contributed by atoms with Crippen molar-refractivity contribution in [3.8, 4) is 0 Å². The van der Waals surface area contributed by atoms with E-state index in [1.807, 2.05) is 6.92 Å². The molecule has 0 rings (SSSR count). The van der Waals surface area contributed by atoms with E-state index in [0.717, 1.165) is 6.29 Å². The van der Waals surface area contributed by atoms with Gasteiger partial charge < -0.3 is 40.3 Å². The Morgan fingerprint density at radius 2 is 1.15 bits per heavy atom.